The van der Waals surface area contributed by atoms with Gasteiger partial charge in [0.2, 0.25) is 0 Å². The molecule has 0 saturated carbocycles. The molecule has 0 aliphatic carbocycles. The van der Waals surface area contributed by atoms with E-state index in [1.165, 1.54) is 6.07 Å². The molecule has 1 atom stereocenters. The highest BCUT2D eigenvalue weighted by Gasteiger charge is 2.15. The first kappa shape index (κ1) is 14.3. The fourth-order valence-electron chi connectivity index (χ4n) is 2.19. The molecular weight excluding hydrogens is 253 g/mol. The van der Waals surface area contributed by atoms with E-state index in [0.29, 0.717) is 12.0 Å². The van der Waals surface area contributed by atoms with Gasteiger partial charge in [0.1, 0.15) is 12.1 Å². The molecule has 0 bridgehead atoms. The summed E-state index contributed by atoms with van der Waals surface area (Å²) < 4.78 is 13.7. The second kappa shape index (κ2) is 6.33. The SMILES string of the molecule is CN(C)c1ccc(CC(C=O)c2ccccc2F)cc1. The van der Waals surface area contributed by atoms with E-state index >= 15 is 0 Å². The summed E-state index contributed by atoms with van der Waals surface area (Å²) >= 11 is 0. The minimum absolute atomic E-state index is 0.325. The number of halogens is 1. The van der Waals surface area contributed by atoms with Crippen LogP contribution in [0.4, 0.5) is 10.1 Å². The first-order valence-corrected chi connectivity index (χ1v) is 6.58. The van der Waals surface area contributed by atoms with Crippen molar-refractivity contribution >= 4 is 12.0 Å². The van der Waals surface area contributed by atoms with Crippen LogP contribution in [0.25, 0.3) is 0 Å². The van der Waals surface area contributed by atoms with Gasteiger partial charge in [-0.3, -0.25) is 0 Å². The van der Waals surface area contributed by atoms with Gasteiger partial charge in [0.25, 0.3) is 0 Å². The van der Waals surface area contributed by atoms with Crippen LogP contribution in [-0.2, 0) is 11.2 Å². The van der Waals surface area contributed by atoms with Crippen LogP contribution >= 0.6 is 0 Å². The van der Waals surface area contributed by atoms with E-state index in [0.717, 1.165) is 17.5 Å². The third-order valence-electron chi connectivity index (χ3n) is 3.38. The lowest BCUT2D eigenvalue weighted by atomic mass is 9.93. The smallest absolute Gasteiger partial charge is 0.127 e. The van der Waals surface area contributed by atoms with Crippen molar-refractivity contribution in [2.24, 2.45) is 0 Å². The number of hydrogen-bond donors (Lipinski definition) is 0. The molecule has 0 aliphatic heterocycles. The van der Waals surface area contributed by atoms with Gasteiger partial charge in [-0.15, -0.1) is 0 Å². The van der Waals surface area contributed by atoms with Gasteiger partial charge in [-0.2, -0.15) is 0 Å². The zero-order valence-corrected chi connectivity index (χ0v) is 11.7. The van der Waals surface area contributed by atoms with Crippen molar-refractivity contribution < 1.29 is 9.18 Å². The zero-order valence-electron chi connectivity index (χ0n) is 11.7. The molecule has 0 N–H and O–H groups in total. The highest BCUT2D eigenvalue weighted by atomic mass is 19.1. The van der Waals surface area contributed by atoms with Crippen LogP contribution in [-0.4, -0.2) is 20.4 Å². The largest absolute Gasteiger partial charge is 0.378 e. The van der Waals surface area contributed by atoms with Crippen molar-refractivity contribution in [2.75, 3.05) is 19.0 Å². The quantitative estimate of drug-likeness (QED) is 0.777. The molecule has 0 aliphatic rings. The predicted octanol–water partition coefficient (Wildman–Crippen LogP) is 3.42. The molecule has 20 heavy (non-hydrogen) atoms. The van der Waals surface area contributed by atoms with Crippen LogP contribution in [0.15, 0.2) is 48.5 Å². The summed E-state index contributed by atoms with van der Waals surface area (Å²) in [5.74, 6) is -0.768. The van der Waals surface area contributed by atoms with Gasteiger partial charge >= 0.3 is 0 Å². The topological polar surface area (TPSA) is 20.3 Å². The average Bonchev–Trinajstić information content (AvgIpc) is 2.46. The van der Waals surface area contributed by atoms with Crippen LogP contribution in [0.2, 0.25) is 0 Å². The normalized spacial score (nSPS) is 11.9. The van der Waals surface area contributed by atoms with Gasteiger partial charge in [-0.1, -0.05) is 30.3 Å². The minimum Gasteiger partial charge on any atom is -0.378 e. The second-order valence-corrected chi connectivity index (χ2v) is 5.03. The van der Waals surface area contributed by atoms with Gasteiger partial charge in [0.15, 0.2) is 0 Å². The maximum atomic E-state index is 13.7. The van der Waals surface area contributed by atoms with E-state index in [1.807, 2.05) is 43.3 Å². The zero-order chi connectivity index (χ0) is 14.5. The van der Waals surface area contributed by atoms with Crippen LogP contribution < -0.4 is 4.90 Å². The summed E-state index contributed by atoms with van der Waals surface area (Å²) in [6, 6.07) is 14.4. The van der Waals surface area contributed by atoms with Crippen molar-refractivity contribution in [3.05, 3.63) is 65.5 Å². The third-order valence-corrected chi connectivity index (χ3v) is 3.38. The molecule has 2 aromatic rings. The van der Waals surface area contributed by atoms with E-state index in [2.05, 4.69) is 0 Å². The Kier molecular flexibility index (Phi) is 4.51. The lowest BCUT2D eigenvalue weighted by molar-refractivity contribution is -0.109. The van der Waals surface area contributed by atoms with Gasteiger partial charge in [-0.05, 0) is 35.7 Å². The molecule has 2 aromatic carbocycles. The number of benzene rings is 2. The van der Waals surface area contributed by atoms with Crippen LogP contribution in [0, 0.1) is 5.82 Å². The fraction of sp³-hybridized carbons (Fsp3) is 0.235. The van der Waals surface area contributed by atoms with E-state index in [1.54, 1.807) is 18.2 Å². The van der Waals surface area contributed by atoms with E-state index in [4.69, 9.17) is 0 Å². The summed E-state index contributed by atoms with van der Waals surface area (Å²) in [7, 11) is 3.95. The van der Waals surface area contributed by atoms with Gasteiger partial charge < -0.3 is 9.69 Å². The summed E-state index contributed by atoms with van der Waals surface area (Å²) in [6.07, 6.45) is 1.33. The maximum absolute atomic E-state index is 13.7. The second-order valence-electron chi connectivity index (χ2n) is 5.03. The lowest BCUT2D eigenvalue weighted by Gasteiger charge is -2.15. The molecule has 0 saturated heterocycles. The Balaban J connectivity index is 2.18. The molecule has 104 valence electrons. The van der Waals surface area contributed by atoms with Crippen molar-refractivity contribution in [1.82, 2.24) is 0 Å². The molecular formula is C17H18FNO. The Labute approximate surface area is 118 Å². The van der Waals surface area contributed by atoms with Crippen LogP contribution in [0.1, 0.15) is 17.0 Å². The van der Waals surface area contributed by atoms with E-state index in [9.17, 15) is 9.18 Å². The lowest BCUT2D eigenvalue weighted by Crippen LogP contribution is -2.09. The monoisotopic (exact) mass is 271 g/mol. The van der Waals surface area contributed by atoms with Crippen LogP contribution in [0.3, 0.4) is 0 Å². The summed E-state index contributed by atoms with van der Waals surface area (Å²) in [6.45, 7) is 0. The number of nitrogens with zero attached hydrogens (tertiary/aromatic N) is 1. The number of anilines is 1. The standard InChI is InChI=1S/C17H18FNO/c1-19(2)15-9-7-13(8-10-15)11-14(12-20)16-5-3-4-6-17(16)18/h3-10,12,14H,11H2,1-2H3. The average molecular weight is 271 g/mol. The molecule has 1 unspecified atom stereocenters. The Morgan fingerprint density at radius 3 is 2.30 bits per heavy atom. The molecule has 0 radical (unpaired) electrons. The first-order chi connectivity index (χ1) is 9.61. The molecule has 0 spiro atoms. The minimum atomic E-state index is -0.443. The molecule has 0 amide bonds. The number of rotatable bonds is 5. The Bertz CT molecular complexity index is 578. The van der Waals surface area contributed by atoms with Gasteiger partial charge in [-0.25, -0.2) is 4.39 Å². The number of hydrogen-bond acceptors (Lipinski definition) is 2. The molecule has 0 fully saturated rings. The number of carbonyl (C=O) groups excluding carboxylic acids is 1. The van der Waals surface area contributed by atoms with Crippen molar-refractivity contribution in [3.8, 4) is 0 Å². The summed E-state index contributed by atoms with van der Waals surface area (Å²) in [5.41, 5.74) is 2.58. The highest BCUT2D eigenvalue weighted by molar-refractivity contribution is 5.63. The van der Waals surface area contributed by atoms with Crippen molar-refractivity contribution in [3.63, 3.8) is 0 Å². The number of aldehydes is 1. The van der Waals surface area contributed by atoms with Crippen LogP contribution in [0.5, 0.6) is 0 Å². The first-order valence-electron chi connectivity index (χ1n) is 6.58. The Hall–Kier alpha value is -2.16. The molecule has 2 nitrogen and oxygen atoms in total. The third kappa shape index (κ3) is 3.23. The molecule has 3 heteroatoms. The molecule has 0 heterocycles. The fourth-order valence-corrected chi connectivity index (χ4v) is 2.19. The molecule has 0 aromatic heterocycles. The van der Waals surface area contributed by atoms with Gasteiger partial charge in [0.05, 0.1) is 0 Å². The Morgan fingerprint density at radius 2 is 1.75 bits per heavy atom. The summed E-state index contributed by atoms with van der Waals surface area (Å²) in [5, 5.41) is 0. The Morgan fingerprint density at radius 1 is 1.10 bits per heavy atom. The van der Waals surface area contributed by atoms with E-state index < -0.39 is 5.92 Å². The maximum Gasteiger partial charge on any atom is 0.127 e. The molecule has 2 rings (SSSR count). The predicted molar refractivity (Wildman–Crippen MR) is 79.7 cm³/mol. The highest BCUT2D eigenvalue weighted by Crippen LogP contribution is 2.23. The number of carbonyl (C=O) groups is 1. The summed E-state index contributed by atoms with van der Waals surface area (Å²) in [4.78, 5) is 13.3. The van der Waals surface area contributed by atoms with Crippen molar-refractivity contribution in [2.45, 2.75) is 12.3 Å². The van der Waals surface area contributed by atoms with E-state index in [-0.39, 0.29) is 5.82 Å². The van der Waals surface area contributed by atoms with Gasteiger partial charge in [0, 0.05) is 25.7 Å². The van der Waals surface area contributed by atoms with Crippen molar-refractivity contribution in [1.29, 1.82) is 0 Å².